The zero-order valence-corrected chi connectivity index (χ0v) is 14.3. The fraction of sp³-hybridized carbons (Fsp3) is 0.529. The molecule has 7 heteroatoms. The van der Waals surface area contributed by atoms with Crippen LogP contribution >= 0.6 is 0 Å². The summed E-state index contributed by atoms with van der Waals surface area (Å²) in [6.45, 7) is 6.01. The number of nitro groups is 1. The molecule has 7 nitrogen and oxygen atoms in total. The van der Waals surface area contributed by atoms with Gasteiger partial charge in [-0.05, 0) is 25.3 Å². The number of non-ortho nitro benzene ring substituents is 1. The van der Waals surface area contributed by atoms with E-state index < -0.39 is 4.92 Å². The number of hydrogen-bond acceptors (Lipinski definition) is 5. The molecule has 132 valence electrons. The van der Waals surface area contributed by atoms with Crippen LogP contribution in [0.1, 0.15) is 50.4 Å². The first kappa shape index (κ1) is 19.6. The lowest BCUT2D eigenvalue weighted by Gasteiger charge is -2.15. The Hall–Kier alpha value is -2.44. The molecule has 0 unspecified atom stereocenters. The Morgan fingerprint density at radius 1 is 1.33 bits per heavy atom. The summed E-state index contributed by atoms with van der Waals surface area (Å²) >= 11 is 0. The first-order valence-electron chi connectivity index (χ1n) is 7.99. The van der Waals surface area contributed by atoms with E-state index >= 15 is 0 Å². The van der Waals surface area contributed by atoms with Gasteiger partial charge in [-0.2, -0.15) is 0 Å². The molecule has 0 aliphatic carbocycles. The van der Waals surface area contributed by atoms with Gasteiger partial charge in [-0.1, -0.05) is 26.7 Å². The predicted molar refractivity (Wildman–Crippen MR) is 90.3 cm³/mol. The molecule has 1 rings (SSSR count). The summed E-state index contributed by atoms with van der Waals surface area (Å²) in [6, 6.07) is 3.72. The third-order valence-corrected chi connectivity index (χ3v) is 3.52. The van der Waals surface area contributed by atoms with Crippen molar-refractivity contribution in [3.63, 3.8) is 0 Å². The second-order valence-electron chi connectivity index (χ2n) is 6.18. The van der Waals surface area contributed by atoms with E-state index in [0.29, 0.717) is 12.2 Å². The van der Waals surface area contributed by atoms with E-state index in [1.807, 2.05) is 6.92 Å². The molecule has 0 radical (unpaired) electrons. The van der Waals surface area contributed by atoms with Crippen molar-refractivity contribution in [3.8, 4) is 5.75 Å². The smallest absolute Gasteiger partial charge is 0.270 e. The fourth-order valence-corrected chi connectivity index (χ4v) is 2.24. The van der Waals surface area contributed by atoms with Gasteiger partial charge in [-0.15, -0.1) is 0 Å². The highest BCUT2D eigenvalue weighted by Gasteiger charge is 2.13. The molecule has 0 saturated carbocycles. The second kappa shape index (κ2) is 9.64. The van der Waals surface area contributed by atoms with Crippen molar-refractivity contribution < 1.29 is 19.2 Å². The highest BCUT2D eigenvalue weighted by atomic mass is 16.6. The Balaban J connectivity index is 2.49. The summed E-state index contributed by atoms with van der Waals surface area (Å²) in [7, 11) is 0. The number of nitro benzene ring substituents is 1. The quantitative estimate of drug-likeness (QED) is 0.402. The van der Waals surface area contributed by atoms with Crippen molar-refractivity contribution in [2.45, 2.75) is 46.1 Å². The first-order valence-corrected chi connectivity index (χ1v) is 7.99. The second-order valence-corrected chi connectivity index (χ2v) is 6.18. The zero-order chi connectivity index (χ0) is 18.1. The number of carbonyl (C=O) groups excluding carboxylic acids is 2. The van der Waals surface area contributed by atoms with E-state index in [1.165, 1.54) is 12.1 Å². The van der Waals surface area contributed by atoms with Crippen LogP contribution in [0.2, 0.25) is 0 Å². The summed E-state index contributed by atoms with van der Waals surface area (Å²) in [5.74, 6) is 0.501. The van der Waals surface area contributed by atoms with Gasteiger partial charge in [0.15, 0.2) is 12.9 Å². The van der Waals surface area contributed by atoms with E-state index in [4.69, 9.17) is 4.74 Å². The Kier molecular flexibility index (Phi) is 7.88. The monoisotopic (exact) mass is 336 g/mol. The van der Waals surface area contributed by atoms with Gasteiger partial charge in [0.2, 0.25) is 0 Å². The summed E-state index contributed by atoms with van der Waals surface area (Å²) in [5.41, 5.74) is -0.158. The summed E-state index contributed by atoms with van der Waals surface area (Å²) < 4.78 is 5.30. The number of nitrogens with one attached hydrogen (secondary N) is 1. The number of ether oxygens (including phenoxy) is 1. The van der Waals surface area contributed by atoms with Crippen molar-refractivity contribution in [2.24, 2.45) is 5.92 Å². The lowest BCUT2D eigenvalue weighted by molar-refractivity contribution is -0.384. The average Bonchev–Trinajstić information content (AvgIpc) is 2.52. The fourth-order valence-electron chi connectivity index (χ4n) is 2.24. The van der Waals surface area contributed by atoms with Gasteiger partial charge in [-0.25, -0.2) is 0 Å². The molecular formula is C17H24N2O5. The Bertz CT molecular complexity index is 586. The molecule has 0 fully saturated rings. The van der Waals surface area contributed by atoms with Gasteiger partial charge >= 0.3 is 0 Å². The van der Waals surface area contributed by atoms with Crippen LogP contribution in [0.3, 0.4) is 0 Å². The topological polar surface area (TPSA) is 98.5 Å². The standard InChI is InChI=1S/C17H24N2O5/c1-12(2)5-4-6-13(3)18-17(21)11-24-16-8-7-15(19(22)23)9-14(16)10-20/h7-10,12-13H,4-6,11H2,1-3H3,(H,18,21)/t13-/m1/s1. The molecular weight excluding hydrogens is 312 g/mol. The first-order chi connectivity index (χ1) is 11.3. The number of aldehydes is 1. The SMILES string of the molecule is CC(C)CCC[C@@H](C)NC(=O)COc1ccc([N+](=O)[O-])cc1C=O. The molecule has 1 amide bonds. The van der Waals surface area contributed by atoms with Crippen LogP contribution in [0.15, 0.2) is 18.2 Å². The molecule has 1 N–H and O–H groups in total. The van der Waals surface area contributed by atoms with Crippen LogP contribution in [0.5, 0.6) is 5.75 Å². The number of hydrogen-bond donors (Lipinski definition) is 1. The number of amides is 1. The largest absolute Gasteiger partial charge is 0.483 e. The van der Waals surface area contributed by atoms with Crippen molar-refractivity contribution in [1.29, 1.82) is 0 Å². The molecule has 0 saturated heterocycles. The van der Waals surface area contributed by atoms with E-state index in [1.54, 1.807) is 0 Å². The van der Waals surface area contributed by atoms with Crippen LogP contribution in [0.4, 0.5) is 5.69 Å². The predicted octanol–water partition coefficient (Wildman–Crippen LogP) is 3.12. The maximum atomic E-state index is 11.9. The molecule has 1 atom stereocenters. The molecule has 0 aliphatic heterocycles. The van der Waals surface area contributed by atoms with Gasteiger partial charge in [-0.3, -0.25) is 19.7 Å². The lowest BCUT2D eigenvalue weighted by Crippen LogP contribution is -2.36. The van der Waals surface area contributed by atoms with Gasteiger partial charge in [0.25, 0.3) is 11.6 Å². The number of nitrogens with zero attached hydrogens (tertiary/aromatic N) is 1. The minimum Gasteiger partial charge on any atom is -0.483 e. The molecule has 24 heavy (non-hydrogen) atoms. The van der Waals surface area contributed by atoms with E-state index in [9.17, 15) is 19.7 Å². The third kappa shape index (κ3) is 6.76. The highest BCUT2D eigenvalue weighted by molar-refractivity contribution is 5.82. The maximum Gasteiger partial charge on any atom is 0.270 e. The van der Waals surface area contributed by atoms with Crippen molar-refractivity contribution >= 4 is 17.9 Å². The van der Waals surface area contributed by atoms with Crippen molar-refractivity contribution in [2.75, 3.05) is 6.61 Å². The summed E-state index contributed by atoms with van der Waals surface area (Å²) in [5, 5.41) is 13.5. The van der Waals surface area contributed by atoms with E-state index in [-0.39, 0.29) is 35.6 Å². The Labute approximate surface area is 141 Å². The number of rotatable bonds is 10. The van der Waals surface area contributed by atoms with Crippen LogP contribution < -0.4 is 10.1 Å². The third-order valence-electron chi connectivity index (χ3n) is 3.52. The maximum absolute atomic E-state index is 11.9. The Morgan fingerprint density at radius 2 is 2.04 bits per heavy atom. The molecule has 0 heterocycles. The summed E-state index contributed by atoms with van der Waals surface area (Å²) in [4.78, 5) is 32.9. The highest BCUT2D eigenvalue weighted by Crippen LogP contribution is 2.22. The lowest BCUT2D eigenvalue weighted by atomic mass is 10.0. The van der Waals surface area contributed by atoms with Crippen molar-refractivity contribution in [1.82, 2.24) is 5.32 Å². The number of carbonyl (C=O) groups is 2. The Morgan fingerprint density at radius 3 is 2.62 bits per heavy atom. The molecule has 0 spiro atoms. The minimum atomic E-state index is -0.595. The molecule has 0 aromatic heterocycles. The van der Waals surface area contributed by atoms with Gasteiger partial charge < -0.3 is 10.1 Å². The normalized spacial score (nSPS) is 11.8. The molecule has 0 aliphatic rings. The zero-order valence-electron chi connectivity index (χ0n) is 14.3. The van der Waals surface area contributed by atoms with Gasteiger partial charge in [0.1, 0.15) is 5.75 Å². The van der Waals surface area contributed by atoms with Crippen LogP contribution in [0.25, 0.3) is 0 Å². The minimum absolute atomic E-state index is 0.0435. The molecule has 1 aromatic carbocycles. The van der Waals surface area contributed by atoms with Crippen LogP contribution in [0, 0.1) is 16.0 Å². The van der Waals surface area contributed by atoms with Gasteiger partial charge in [0.05, 0.1) is 10.5 Å². The number of benzene rings is 1. The molecule has 1 aromatic rings. The summed E-state index contributed by atoms with van der Waals surface area (Å²) in [6.07, 6.45) is 3.51. The van der Waals surface area contributed by atoms with Crippen LogP contribution in [-0.4, -0.2) is 29.8 Å². The van der Waals surface area contributed by atoms with Crippen molar-refractivity contribution in [3.05, 3.63) is 33.9 Å². The van der Waals surface area contributed by atoms with Gasteiger partial charge in [0, 0.05) is 18.2 Å². The van der Waals surface area contributed by atoms with E-state index in [2.05, 4.69) is 19.2 Å². The average molecular weight is 336 g/mol. The van der Waals surface area contributed by atoms with Crippen LogP contribution in [-0.2, 0) is 4.79 Å². The van der Waals surface area contributed by atoms with E-state index in [0.717, 1.165) is 25.3 Å². The molecule has 0 bridgehead atoms.